The largest absolute Gasteiger partial charge is 0.480 e. The molecule has 0 saturated heterocycles. The highest BCUT2D eigenvalue weighted by Gasteiger charge is 2.20. The van der Waals surface area contributed by atoms with Gasteiger partial charge in [0.15, 0.2) is 0 Å². The molecule has 0 aromatic heterocycles. The molecule has 0 aliphatic carbocycles. The van der Waals surface area contributed by atoms with Gasteiger partial charge in [-0.25, -0.2) is 4.79 Å². The topological polar surface area (TPSA) is 102 Å². The Labute approximate surface area is 105 Å². The standard InChI is InChI=1S/C11H19NO6/c1-8(13)3-4-9(11(15)16)12-10(14)7-18-6-5-17-2/h9H,3-7H2,1-2H3,(H,12,14)(H,15,16)/t9-/m1/s1. The normalized spacial score (nSPS) is 11.9. The zero-order valence-electron chi connectivity index (χ0n) is 10.6. The highest BCUT2D eigenvalue weighted by molar-refractivity contribution is 5.85. The van der Waals surface area contributed by atoms with Crippen molar-refractivity contribution in [2.45, 2.75) is 25.8 Å². The molecule has 0 unspecified atom stereocenters. The summed E-state index contributed by atoms with van der Waals surface area (Å²) in [7, 11) is 1.51. The lowest BCUT2D eigenvalue weighted by Gasteiger charge is -2.13. The first kappa shape index (κ1) is 16.5. The molecule has 0 spiro atoms. The lowest BCUT2D eigenvalue weighted by Crippen LogP contribution is -2.42. The molecule has 0 aromatic rings. The van der Waals surface area contributed by atoms with Gasteiger partial charge in [0.05, 0.1) is 13.2 Å². The third-order valence-electron chi connectivity index (χ3n) is 2.08. The minimum Gasteiger partial charge on any atom is -0.480 e. The minimum atomic E-state index is -1.17. The van der Waals surface area contributed by atoms with Crippen molar-refractivity contribution < 1.29 is 29.0 Å². The fraction of sp³-hybridized carbons (Fsp3) is 0.727. The van der Waals surface area contributed by atoms with E-state index in [4.69, 9.17) is 14.6 Å². The van der Waals surface area contributed by atoms with Crippen LogP contribution in [0.2, 0.25) is 0 Å². The monoisotopic (exact) mass is 261 g/mol. The van der Waals surface area contributed by atoms with E-state index in [9.17, 15) is 14.4 Å². The van der Waals surface area contributed by atoms with Crippen LogP contribution in [0.4, 0.5) is 0 Å². The van der Waals surface area contributed by atoms with Crippen LogP contribution in [0.15, 0.2) is 0 Å². The van der Waals surface area contributed by atoms with Crippen molar-refractivity contribution in [2.24, 2.45) is 0 Å². The number of hydrogen-bond acceptors (Lipinski definition) is 5. The van der Waals surface area contributed by atoms with E-state index < -0.39 is 17.9 Å². The lowest BCUT2D eigenvalue weighted by molar-refractivity contribution is -0.143. The van der Waals surface area contributed by atoms with Crippen LogP contribution in [0.5, 0.6) is 0 Å². The van der Waals surface area contributed by atoms with Crippen molar-refractivity contribution in [1.29, 1.82) is 0 Å². The molecule has 0 fully saturated rings. The maximum absolute atomic E-state index is 11.3. The van der Waals surface area contributed by atoms with E-state index in [2.05, 4.69) is 5.32 Å². The Bertz CT molecular complexity index is 291. The molecule has 0 aromatic carbocycles. The van der Waals surface area contributed by atoms with Gasteiger partial charge in [0.1, 0.15) is 18.4 Å². The first-order valence-electron chi connectivity index (χ1n) is 5.55. The maximum atomic E-state index is 11.3. The van der Waals surface area contributed by atoms with Gasteiger partial charge in [-0.3, -0.25) is 4.79 Å². The van der Waals surface area contributed by atoms with Crippen LogP contribution in [-0.2, 0) is 23.9 Å². The Kier molecular flexibility index (Phi) is 8.77. The number of carbonyl (C=O) groups is 3. The average Bonchev–Trinajstić information content (AvgIpc) is 2.29. The number of carboxylic acid groups (broad SMARTS) is 1. The van der Waals surface area contributed by atoms with Crippen molar-refractivity contribution in [3.05, 3.63) is 0 Å². The molecule has 0 saturated carbocycles. The molecule has 104 valence electrons. The van der Waals surface area contributed by atoms with Crippen molar-refractivity contribution in [2.75, 3.05) is 26.9 Å². The summed E-state index contributed by atoms with van der Waals surface area (Å²) in [6.45, 7) is 1.76. The van der Waals surface area contributed by atoms with Crippen LogP contribution in [0.25, 0.3) is 0 Å². The number of methoxy groups -OCH3 is 1. The number of amides is 1. The zero-order chi connectivity index (χ0) is 14.0. The first-order chi connectivity index (χ1) is 8.47. The van der Waals surface area contributed by atoms with Gasteiger partial charge in [-0.15, -0.1) is 0 Å². The molecule has 0 aliphatic rings. The summed E-state index contributed by atoms with van der Waals surface area (Å²) < 4.78 is 9.66. The molecule has 7 nitrogen and oxygen atoms in total. The summed E-state index contributed by atoms with van der Waals surface area (Å²) in [6, 6.07) is -1.06. The highest BCUT2D eigenvalue weighted by Crippen LogP contribution is 1.99. The van der Waals surface area contributed by atoms with Crippen molar-refractivity contribution >= 4 is 17.7 Å². The summed E-state index contributed by atoms with van der Waals surface area (Å²) in [5.41, 5.74) is 0. The number of rotatable bonds is 10. The van der Waals surface area contributed by atoms with Gasteiger partial charge in [0, 0.05) is 13.5 Å². The Balaban J connectivity index is 3.96. The van der Waals surface area contributed by atoms with Crippen molar-refractivity contribution in [1.82, 2.24) is 5.32 Å². The number of ether oxygens (including phenoxy) is 2. The van der Waals surface area contributed by atoms with Crippen molar-refractivity contribution in [3.8, 4) is 0 Å². The number of carboxylic acids is 1. The zero-order valence-corrected chi connectivity index (χ0v) is 10.6. The molecule has 1 atom stereocenters. The van der Waals surface area contributed by atoms with E-state index in [0.717, 1.165) is 0 Å². The molecule has 0 bridgehead atoms. The van der Waals surface area contributed by atoms with Crippen LogP contribution >= 0.6 is 0 Å². The van der Waals surface area contributed by atoms with E-state index in [1.54, 1.807) is 0 Å². The first-order valence-corrected chi connectivity index (χ1v) is 5.55. The van der Waals surface area contributed by atoms with E-state index in [1.165, 1.54) is 14.0 Å². The summed E-state index contributed by atoms with van der Waals surface area (Å²) in [4.78, 5) is 32.9. The summed E-state index contributed by atoms with van der Waals surface area (Å²) in [5, 5.41) is 11.2. The summed E-state index contributed by atoms with van der Waals surface area (Å²) >= 11 is 0. The second-order valence-corrected chi connectivity index (χ2v) is 3.74. The Morgan fingerprint density at radius 2 is 1.94 bits per heavy atom. The maximum Gasteiger partial charge on any atom is 0.326 e. The average molecular weight is 261 g/mol. The van der Waals surface area contributed by atoms with Crippen LogP contribution in [0.3, 0.4) is 0 Å². The third kappa shape index (κ3) is 8.66. The minimum absolute atomic E-state index is 0.0779. The SMILES string of the molecule is COCCOCC(=O)N[C@H](CCC(C)=O)C(=O)O. The van der Waals surface area contributed by atoms with Gasteiger partial charge in [-0.05, 0) is 13.3 Å². The molecule has 0 rings (SSSR count). The van der Waals surface area contributed by atoms with Gasteiger partial charge in [-0.1, -0.05) is 0 Å². The Morgan fingerprint density at radius 1 is 1.28 bits per heavy atom. The fourth-order valence-electron chi connectivity index (χ4n) is 1.15. The Hall–Kier alpha value is -1.47. The molecule has 0 radical (unpaired) electrons. The van der Waals surface area contributed by atoms with Gasteiger partial charge >= 0.3 is 5.97 Å². The highest BCUT2D eigenvalue weighted by atomic mass is 16.5. The Morgan fingerprint density at radius 3 is 2.44 bits per heavy atom. The molecule has 1 amide bonds. The van der Waals surface area contributed by atoms with Gasteiger partial charge in [0.25, 0.3) is 0 Å². The molecular formula is C11H19NO6. The number of ketones is 1. The molecular weight excluding hydrogens is 242 g/mol. The quantitative estimate of drug-likeness (QED) is 0.518. The number of hydrogen-bond donors (Lipinski definition) is 2. The third-order valence-corrected chi connectivity index (χ3v) is 2.08. The molecule has 0 heterocycles. The summed E-state index contributed by atoms with van der Waals surface area (Å²) in [6.07, 6.45) is 0.191. The number of Topliss-reactive ketones (excluding diaryl/α,β-unsaturated/α-hetero) is 1. The van der Waals surface area contributed by atoms with Crippen molar-refractivity contribution in [3.63, 3.8) is 0 Å². The number of carbonyl (C=O) groups excluding carboxylic acids is 2. The van der Waals surface area contributed by atoms with Gasteiger partial charge in [0.2, 0.25) is 5.91 Å². The molecule has 2 N–H and O–H groups in total. The predicted octanol–water partition coefficient (Wildman–Crippen LogP) is -0.412. The van der Waals surface area contributed by atoms with Gasteiger partial charge in [-0.2, -0.15) is 0 Å². The number of nitrogens with one attached hydrogen (secondary N) is 1. The lowest BCUT2D eigenvalue weighted by atomic mass is 10.1. The molecule has 0 aliphatic heterocycles. The molecule has 18 heavy (non-hydrogen) atoms. The molecule has 7 heteroatoms. The van der Waals surface area contributed by atoms with Crippen LogP contribution in [0, 0.1) is 0 Å². The smallest absolute Gasteiger partial charge is 0.326 e. The number of aliphatic carboxylic acids is 1. The van der Waals surface area contributed by atoms with Crippen LogP contribution < -0.4 is 5.32 Å². The predicted molar refractivity (Wildman–Crippen MR) is 62.2 cm³/mol. The second kappa shape index (κ2) is 9.55. The van der Waals surface area contributed by atoms with E-state index >= 15 is 0 Å². The van der Waals surface area contributed by atoms with E-state index in [1.807, 2.05) is 0 Å². The summed E-state index contributed by atoms with van der Waals surface area (Å²) in [5.74, 6) is -1.81. The van der Waals surface area contributed by atoms with Crippen LogP contribution in [0.1, 0.15) is 19.8 Å². The second-order valence-electron chi connectivity index (χ2n) is 3.74. The van der Waals surface area contributed by atoms with Gasteiger partial charge < -0.3 is 24.7 Å². The van der Waals surface area contributed by atoms with E-state index in [-0.39, 0.29) is 31.8 Å². The van der Waals surface area contributed by atoms with E-state index in [0.29, 0.717) is 6.61 Å². The van der Waals surface area contributed by atoms with Crippen LogP contribution in [-0.4, -0.2) is 55.7 Å². The fourth-order valence-corrected chi connectivity index (χ4v) is 1.15.